The highest BCUT2D eigenvalue weighted by atomic mass is 16.4. The maximum Gasteiger partial charge on any atom is 0.408 e. The van der Waals surface area contributed by atoms with E-state index in [9.17, 15) is 9.59 Å². The number of carbonyl (C=O) groups is 2. The molecule has 0 spiro atoms. The van der Waals surface area contributed by atoms with Crippen LogP contribution in [-0.4, -0.2) is 39.8 Å². The molecule has 1 aliphatic carbocycles. The van der Waals surface area contributed by atoms with Crippen LogP contribution in [0.3, 0.4) is 0 Å². The zero-order valence-corrected chi connectivity index (χ0v) is 7.56. The number of aliphatic carboxylic acids is 1. The summed E-state index contributed by atoms with van der Waals surface area (Å²) >= 11 is 0. The Kier molecular flexibility index (Phi) is 1.94. The molecule has 0 saturated carbocycles. The van der Waals surface area contributed by atoms with E-state index in [2.05, 4.69) is 0 Å². The lowest BCUT2D eigenvalue weighted by molar-refractivity contribution is -0.140. The van der Waals surface area contributed by atoms with Crippen molar-refractivity contribution in [3.05, 3.63) is 11.1 Å². The van der Waals surface area contributed by atoms with Crippen molar-refractivity contribution in [2.24, 2.45) is 0 Å². The van der Waals surface area contributed by atoms with Gasteiger partial charge in [0.1, 0.15) is 0 Å². The smallest absolute Gasteiger partial charge is 0.408 e. The minimum Gasteiger partial charge on any atom is -0.479 e. The molecule has 5 nitrogen and oxygen atoms in total. The van der Waals surface area contributed by atoms with Gasteiger partial charge in [-0.05, 0) is 30.4 Å². The fraction of sp³-hybridized carbons (Fsp3) is 0.556. The molecule has 0 aromatic carbocycles. The summed E-state index contributed by atoms with van der Waals surface area (Å²) in [4.78, 5) is 22.7. The maximum atomic E-state index is 10.9. The van der Waals surface area contributed by atoms with Crippen molar-refractivity contribution in [3.8, 4) is 0 Å². The fourth-order valence-electron chi connectivity index (χ4n) is 2.29. The maximum absolute atomic E-state index is 10.9. The summed E-state index contributed by atoms with van der Waals surface area (Å²) in [6.07, 6.45) is 1.40. The summed E-state index contributed by atoms with van der Waals surface area (Å²) in [7, 11) is 0. The molecule has 0 aromatic heterocycles. The number of rotatable bonds is 1. The molecular formula is C9H11NO4. The second kappa shape index (κ2) is 3.01. The van der Waals surface area contributed by atoms with Gasteiger partial charge < -0.3 is 10.2 Å². The van der Waals surface area contributed by atoms with Crippen LogP contribution in [0.5, 0.6) is 0 Å². The Balaban J connectivity index is 2.29. The van der Waals surface area contributed by atoms with E-state index in [1.165, 1.54) is 0 Å². The minimum atomic E-state index is -1.15. The van der Waals surface area contributed by atoms with Gasteiger partial charge >= 0.3 is 12.1 Å². The lowest BCUT2D eigenvalue weighted by atomic mass is 10.1. The highest BCUT2D eigenvalue weighted by molar-refractivity contribution is 5.84. The molecule has 2 aliphatic rings. The standard InChI is InChI=1S/C9H11NO4/c11-8(12)7-6-3-1-2-5(6)4-10(7)9(13)14/h7H,1-4H2,(H,11,12)(H,13,14). The summed E-state index contributed by atoms with van der Waals surface area (Å²) in [5.41, 5.74) is 1.83. The highest BCUT2D eigenvalue weighted by Gasteiger charge is 2.41. The van der Waals surface area contributed by atoms with Crippen LogP contribution in [0.2, 0.25) is 0 Å². The van der Waals surface area contributed by atoms with Gasteiger partial charge in [-0.15, -0.1) is 0 Å². The largest absolute Gasteiger partial charge is 0.479 e. The molecule has 2 rings (SSSR count). The first-order valence-corrected chi connectivity index (χ1v) is 4.54. The van der Waals surface area contributed by atoms with E-state index < -0.39 is 18.1 Å². The number of likely N-dealkylation sites (tertiary alicyclic amines) is 1. The minimum absolute atomic E-state index is 0.279. The zero-order valence-electron chi connectivity index (χ0n) is 7.56. The molecule has 0 radical (unpaired) electrons. The Labute approximate surface area is 80.6 Å². The van der Waals surface area contributed by atoms with Crippen LogP contribution in [-0.2, 0) is 4.79 Å². The molecule has 1 heterocycles. The van der Waals surface area contributed by atoms with Crippen molar-refractivity contribution >= 4 is 12.1 Å². The molecule has 1 aliphatic heterocycles. The molecule has 0 bridgehead atoms. The number of hydrogen-bond donors (Lipinski definition) is 2. The number of carboxylic acids is 1. The van der Waals surface area contributed by atoms with Crippen LogP contribution < -0.4 is 0 Å². The molecule has 0 fully saturated rings. The van der Waals surface area contributed by atoms with Crippen molar-refractivity contribution < 1.29 is 19.8 Å². The van der Waals surface area contributed by atoms with E-state index in [0.29, 0.717) is 0 Å². The Hall–Kier alpha value is -1.52. The lowest BCUT2D eigenvalue weighted by Crippen LogP contribution is -2.42. The monoisotopic (exact) mass is 197 g/mol. The first-order valence-electron chi connectivity index (χ1n) is 4.54. The summed E-state index contributed by atoms with van der Waals surface area (Å²) in [6, 6.07) is -0.926. The SMILES string of the molecule is O=C(O)C1C2=C(CCC2)CN1C(=O)O. The third-order valence-electron chi connectivity index (χ3n) is 2.86. The zero-order chi connectivity index (χ0) is 10.3. The van der Waals surface area contributed by atoms with Gasteiger partial charge in [-0.1, -0.05) is 0 Å². The predicted molar refractivity (Wildman–Crippen MR) is 47.0 cm³/mol. The molecular weight excluding hydrogens is 186 g/mol. The van der Waals surface area contributed by atoms with Gasteiger partial charge in [0.05, 0.1) is 0 Å². The third kappa shape index (κ3) is 1.16. The van der Waals surface area contributed by atoms with Gasteiger partial charge in [-0.25, -0.2) is 9.59 Å². The summed E-state index contributed by atoms with van der Waals surface area (Å²) < 4.78 is 0. The van der Waals surface area contributed by atoms with Gasteiger partial charge in [0.25, 0.3) is 0 Å². The molecule has 76 valence electrons. The average molecular weight is 197 g/mol. The Bertz CT molecular complexity index is 334. The van der Waals surface area contributed by atoms with Crippen LogP contribution in [0.4, 0.5) is 4.79 Å². The summed E-state index contributed by atoms with van der Waals surface area (Å²) in [5, 5.41) is 17.8. The summed E-state index contributed by atoms with van der Waals surface area (Å²) in [5.74, 6) is -1.06. The van der Waals surface area contributed by atoms with Crippen LogP contribution in [0.15, 0.2) is 11.1 Å². The first-order chi connectivity index (χ1) is 6.61. The van der Waals surface area contributed by atoms with E-state index in [0.717, 1.165) is 35.3 Å². The van der Waals surface area contributed by atoms with Gasteiger partial charge in [-0.2, -0.15) is 0 Å². The molecule has 1 amide bonds. The highest BCUT2D eigenvalue weighted by Crippen LogP contribution is 2.36. The topological polar surface area (TPSA) is 77.8 Å². The van der Waals surface area contributed by atoms with Crippen LogP contribution in [0, 0.1) is 0 Å². The van der Waals surface area contributed by atoms with Crippen LogP contribution in [0.25, 0.3) is 0 Å². The Morgan fingerprint density at radius 2 is 2.00 bits per heavy atom. The van der Waals surface area contributed by atoms with Gasteiger partial charge in [0.15, 0.2) is 6.04 Å². The quantitative estimate of drug-likeness (QED) is 0.612. The van der Waals surface area contributed by atoms with Gasteiger partial charge in [0.2, 0.25) is 0 Å². The van der Waals surface area contributed by atoms with Crippen molar-refractivity contribution in [2.45, 2.75) is 25.3 Å². The number of hydrogen-bond acceptors (Lipinski definition) is 2. The van der Waals surface area contributed by atoms with Crippen molar-refractivity contribution in [1.29, 1.82) is 0 Å². The Morgan fingerprint density at radius 1 is 1.29 bits per heavy atom. The van der Waals surface area contributed by atoms with E-state index in [1.54, 1.807) is 0 Å². The average Bonchev–Trinajstić information content (AvgIpc) is 2.58. The van der Waals surface area contributed by atoms with E-state index in [1.807, 2.05) is 0 Å². The van der Waals surface area contributed by atoms with Gasteiger partial charge in [0, 0.05) is 6.54 Å². The van der Waals surface area contributed by atoms with Crippen molar-refractivity contribution in [2.75, 3.05) is 6.54 Å². The molecule has 0 saturated heterocycles. The van der Waals surface area contributed by atoms with E-state index >= 15 is 0 Å². The van der Waals surface area contributed by atoms with Crippen molar-refractivity contribution in [1.82, 2.24) is 4.90 Å². The molecule has 14 heavy (non-hydrogen) atoms. The number of nitrogens with zero attached hydrogens (tertiary/aromatic N) is 1. The van der Waals surface area contributed by atoms with E-state index in [-0.39, 0.29) is 6.54 Å². The summed E-state index contributed by atoms with van der Waals surface area (Å²) in [6.45, 7) is 0.279. The predicted octanol–water partition coefficient (Wildman–Crippen LogP) is 0.914. The molecule has 2 N–H and O–H groups in total. The van der Waals surface area contributed by atoms with Crippen LogP contribution >= 0.6 is 0 Å². The third-order valence-corrected chi connectivity index (χ3v) is 2.86. The molecule has 1 atom stereocenters. The van der Waals surface area contributed by atoms with Crippen LogP contribution in [0.1, 0.15) is 19.3 Å². The first kappa shape index (κ1) is 9.05. The lowest BCUT2D eigenvalue weighted by Gasteiger charge is -2.20. The van der Waals surface area contributed by atoms with E-state index in [4.69, 9.17) is 10.2 Å². The normalized spacial score (nSPS) is 25.4. The van der Waals surface area contributed by atoms with Crippen molar-refractivity contribution in [3.63, 3.8) is 0 Å². The second-order valence-corrected chi connectivity index (χ2v) is 3.63. The number of carboxylic acid groups (broad SMARTS) is 2. The second-order valence-electron chi connectivity index (χ2n) is 3.63. The Morgan fingerprint density at radius 3 is 2.57 bits per heavy atom. The molecule has 5 heteroatoms. The number of amides is 1. The molecule has 0 aromatic rings. The fourth-order valence-corrected chi connectivity index (χ4v) is 2.29. The van der Waals surface area contributed by atoms with Gasteiger partial charge in [-0.3, -0.25) is 4.90 Å². The molecule has 1 unspecified atom stereocenters.